The average molecular weight is 461 g/mol. The highest BCUT2D eigenvalue weighted by atomic mass is 32.3. The molecular formula is C22H24N2O5S2. The van der Waals surface area contributed by atoms with E-state index in [0.717, 1.165) is 17.5 Å². The third-order valence-electron chi connectivity index (χ3n) is 5.27. The second-order valence-electron chi connectivity index (χ2n) is 7.29. The number of methoxy groups -OCH3 is 1. The van der Waals surface area contributed by atoms with Crippen LogP contribution in [-0.2, 0) is 24.3 Å². The molecule has 2 aliphatic rings. The van der Waals surface area contributed by atoms with E-state index in [-0.39, 0.29) is 4.90 Å². The maximum atomic E-state index is 13.7. The van der Waals surface area contributed by atoms with E-state index in [9.17, 15) is 13.2 Å². The van der Waals surface area contributed by atoms with Gasteiger partial charge in [0.05, 0.1) is 36.8 Å². The van der Waals surface area contributed by atoms with Gasteiger partial charge in [0.1, 0.15) is 5.03 Å². The third kappa shape index (κ3) is 4.23. The Balaban J connectivity index is 1.85. The smallest absolute Gasteiger partial charge is 0.338 e. The minimum atomic E-state index is -3.91. The summed E-state index contributed by atoms with van der Waals surface area (Å²) >= 11 is 1.07. The number of hydrogen-bond acceptors (Lipinski definition) is 7. The van der Waals surface area contributed by atoms with Crippen molar-refractivity contribution in [3.8, 4) is 0 Å². The first-order valence-corrected chi connectivity index (χ1v) is 12.1. The molecule has 1 fully saturated rings. The Kier molecular flexibility index (Phi) is 6.38. The maximum Gasteiger partial charge on any atom is 0.338 e. The van der Waals surface area contributed by atoms with Gasteiger partial charge in [0.2, 0.25) is 0 Å². The zero-order chi connectivity index (χ0) is 22.0. The second-order valence-corrected chi connectivity index (χ2v) is 10.3. The Hall–Kier alpha value is -2.33. The molecule has 2 aromatic carbocycles. The number of sulfonamides is 1. The molecule has 1 unspecified atom stereocenters. The van der Waals surface area contributed by atoms with Crippen LogP contribution in [0.1, 0.15) is 17.2 Å². The van der Waals surface area contributed by atoms with E-state index in [0.29, 0.717) is 42.5 Å². The number of benzene rings is 2. The molecule has 0 N–H and O–H groups in total. The molecule has 0 aliphatic carbocycles. The van der Waals surface area contributed by atoms with Crippen LogP contribution >= 0.6 is 11.9 Å². The highest BCUT2D eigenvalue weighted by molar-refractivity contribution is 8.11. The fraction of sp³-hybridized carbons (Fsp3) is 0.318. The van der Waals surface area contributed by atoms with Crippen molar-refractivity contribution in [2.45, 2.75) is 17.9 Å². The molecule has 0 radical (unpaired) electrons. The van der Waals surface area contributed by atoms with Gasteiger partial charge in [-0.3, -0.25) is 0 Å². The van der Waals surface area contributed by atoms with Gasteiger partial charge in [-0.05, 0) is 36.6 Å². The van der Waals surface area contributed by atoms with Gasteiger partial charge >= 0.3 is 5.97 Å². The lowest BCUT2D eigenvalue weighted by atomic mass is 10.00. The lowest BCUT2D eigenvalue weighted by Crippen LogP contribution is -2.35. The molecular weight excluding hydrogens is 436 g/mol. The lowest BCUT2D eigenvalue weighted by Gasteiger charge is -2.29. The summed E-state index contributed by atoms with van der Waals surface area (Å²) in [5, 5.41) is 0.597. The molecule has 164 valence electrons. The number of ether oxygens (including phenoxy) is 2. The molecule has 0 amide bonds. The van der Waals surface area contributed by atoms with Crippen molar-refractivity contribution in [3.63, 3.8) is 0 Å². The van der Waals surface area contributed by atoms with Gasteiger partial charge in [-0.2, -0.15) is 0 Å². The van der Waals surface area contributed by atoms with Crippen LogP contribution in [0, 0.1) is 6.92 Å². The molecule has 0 saturated carbocycles. The van der Waals surface area contributed by atoms with Crippen LogP contribution in [-0.4, -0.2) is 56.4 Å². The number of rotatable bonds is 5. The number of hydrogen-bond donors (Lipinski definition) is 0. The van der Waals surface area contributed by atoms with Crippen molar-refractivity contribution in [2.75, 3.05) is 33.4 Å². The van der Waals surface area contributed by atoms with Gasteiger partial charge in [0, 0.05) is 13.1 Å². The molecule has 7 nitrogen and oxygen atoms in total. The summed E-state index contributed by atoms with van der Waals surface area (Å²) in [6.07, 6.45) is 0. The van der Waals surface area contributed by atoms with Gasteiger partial charge in [0.25, 0.3) is 10.0 Å². The first-order chi connectivity index (χ1) is 14.9. The first-order valence-electron chi connectivity index (χ1n) is 9.92. The van der Waals surface area contributed by atoms with Crippen LogP contribution in [0.25, 0.3) is 0 Å². The lowest BCUT2D eigenvalue weighted by molar-refractivity contribution is -0.136. The number of carbonyl (C=O) groups excluding carboxylic acids is 1. The number of carbonyl (C=O) groups is 1. The Morgan fingerprint density at radius 2 is 1.71 bits per heavy atom. The van der Waals surface area contributed by atoms with Gasteiger partial charge in [-0.15, -0.1) is 3.71 Å². The van der Waals surface area contributed by atoms with E-state index in [4.69, 9.17) is 9.47 Å². The van der Waals surface area contributed by atoms with Crippen molar-refractivity contribution in [1.82, 2.24) is 8.61 Å². The van der Waals surface area contributed by atoms with Crippen molar-refractivity contribution >= 4 is 27.9 Å². The van der Waals surface area contributed by atoms with Gasteiger partial charge < -0.3 is 14.4 Å². The fourth-order valence-electron chi connectivity index (χ4n) is 3.64. The summed E-state index contributed by atoms with van der Waals surface area (Å²) in [6, 6.07) is 15.1. The van der Waals surface area contributed by atoms with Gasteiger partial charge in [-0.1, -0.05) is 48.0 Å². The van der Waals surface area contributed by atoms with Crippen LogP contribution in [0.2, 0.25) is 0 Å². The number of morpholine rings is 1. The molecule has 1 atom stereocenters. The van der Waals surface area contributed by atoms with E-state index >= 15 is 0 Å². The monoisotopic (exact) mass is 460 g/mol. The Labute approximate surface area is 186 Å². The number of nitrogens with zero attached hydrogens (tertiary/aromatic N) is 2. The van der Waals surface area contributed by atoms with Crippen LogP contribution in [0.3, 0.4) is 0 Å². The number of aryl methyl sites for hydroxylation is 1. The molecule has 2 aromatic rings. The highest BCUT2D eigenvalue weighted by Gasteiger charge is 2.47. The van der Waals surface area contributed by atoms with Crippen molar-refractivity contribution < 1.29 is 22.7 Å². The van der Waals surface area contributed by atoms with Crippen molar-refractivity contribution in [2.24, 2.45) is 0 Å². The zero-order valence-electron chi connectivity index (χ0n) is 17.4. The average Bonchev–Trinajstić information content (AvgIpc) is 3.21. The Morgan fingerprint density at radius 3 is 2.32 bits per heavy atom. The third-order valence-corrected chi connectivity index (χ3v) is 8.67. The van der Waals surface area contributed by atoms with Crippen LogP contribution in [0.5, 0.6) is 0 Å². The highest BCUT2D eigenvalue weighted by Crippen LogP contribution is 2.51. The normalized spacial score (nSPS) is 20.2. The minimum Gasteiger partial charge on any atom is -0.466 e. The summed E-state index contributed by atoms with van der Waals surface area (Å²) in [6.45, 7) is 4.07. The Bertz CT molecular complexity index is 1080. The molecule has 31 heavy (non-hydrogen) atoms. The van der Waals surface area contributed by atoms with E-state index in [2.05, 4.69) is 0 Å². The van der Waals surface area contributed by atoms with E-state index in [1.807, 2.05) is 42.2 Å². The summed E-state index contributed by atoms with van der Waals surface area (Å²) in [5.74, 6) is -0.538. The van der Waals surface area contributed by atoms with E-state index in [1.54, 1.807) is 24.3 Å². The van der Waals surface area contributed by atoms with Crippen LogP contribution in [0.15, 0.2) is 70.1 Å². The quantitative estimate of drug-likeness (QED) is 0.501. The predicted octanol–water partition coefficient (Wildman–Crippen LogP) is 3.11. The molecule has 1 saturated heterocycles. The minimum absolute atomic E-state index is 0.180. The van der Waals surface area contributed by atoms with E-state index < -0.39 is 22.0 Å². The molecule has 0 spiro atoms. The summed E-state index contributed by atoms with van der Waals surface area (Å²) in [4.78, 5) is 15.1. The van der Waals surface area contributed by atoms with Gasteiger partial charge in [0.15, 0.2) is 0 Å². The standard InChI is InChI=1S/C22H24N2O5S2/c1-16-8-10-18(11-9-16)31(26,27)24-20(17-6-4-3-5-7-17)19(22(25)28-2)21(30-24)23-12-14-29-15-13-23/h3-11,20H,12-15H2,1-2H3. The van der Waals surface area contributed by atoms with E-state index in [1.165, 1.54) is 10.8 Å². The summed E-state index contributed by atoms with van der Waals surface area (Å²) < 4.78 is 39.3. The molecule has 0 aromatic heterocycles. The SMILES string of the molecule is COC(=O)C1=C(N2CCOCC2)SN(S(=O)(=O)c2ccc(C)cc2)C1c1ccccc1. The molecule has 9 heteroatoms. The van der Waals surface area contributed by atoms with Crippen LogP contribution in [0.4, 0.5) is 0 Å². The van der Waals surface area contributed by atoms with Gasteiger partial charge in [-0.25, -0.2) is 13.2 Å². The summed E-state index contributed by atoms with van der Waals surface area (Å²) in [7, 11) is -2.59. The predicted molar refractivity (Wildman–Crippen MR) is 118 cm³/mol. The summed E-state index contributed by atoms with van der Waals surface area (Å²) in [5.41, 5.74) is 2.00. The fourth-order valence-corrected chi connectivity index (χ4v) is 6.79. The zero-order valence-corrected chi connectivity index (χ0v) is 19.0. The Morgan fingerprint density at radius 1 is 1.06 bits per heavy atom. The topological polar surface area (TPSA) is 76.2 Å². The number of esters is 1. The molecule has 4 rings (SSSR count). The van der Waals surface area contributed by atoms with Crippen molar-refractivity contribution in [1.29, 1.82) is 0 Å². The molecule has 2 aliphatic heterocycles. The molecule has 0 bridgehead atoms. The largest absolute Gasteiger partial charge is 0.466 e. The first kappa shape index (κ1) is 21.9. The maximum absolute atomic E-state index is 13.7. The molecule has 2 heterocycles. The van der Waals surface area contributed by atoms with Crippen LogP contribution < -0.4 is 0 Å². The second kappa shape index (κ2) is 9.04. The van der Waals surface area contributed by atoms with Crippen molar-refractivity contribution in [3.05, 3.63) is 76.3 Å².